The van der Waals surface area contributed by atoms with Gasteiger partial charge in [-0.3, -0.25) is 0 Å². The Morgan fingerprint density at radius 3 is 2.73 bits per heavy atom. The summed E-state index contributed by atoms with van der Waals surface area (Å²) in [5, 5.41) is 0.646. The summed E-state index contributed by atoms with van der Waals surface area (Å²) in [6.45, 7) is 1.84. The highest BCUT2D eigenvalue weighted by Gasteiger charge is 2.19. The molecular formula is C19H14N2O4S. The van der Waals surface area contributed by atoms with E-state index in [1.807, 2.05) is 37.3 Å². The molecule has 0 radical (unpaired) electrons. The fraction of sp³-hybridized carbons (Fsp3) is 0.105. The smallest absolute Gasteiger partial charge is 0.358 e. The van der Waals surface area contributed by atoms with Gasteiger partial charge in [0.15, 0.2) is 16.5 Å². The highest BCUT2D eigenvalue weighted by Crippen LogP contribution is 2.28. The molecule has 26 heavy (non-hydrogen) atoms. The molecule has 0 saturated carbocycles. The van der Waals surface area contributed by atoms with Crippen LogP contribution >= 0.6 is 11.3 Å². The molecule has 0 spiro atoms. The van der Waals surface area contributed by atoms with E-state index in [2.05, 4.69) is 9.97 Å². The van der Waals surface area contributed by atoms with Crippen molar-refractivity contribution in [1.82, 2.24) is 9.97 Å². The number of thiazole rings is 1. The quantitative estimate of drug-likeness (QED) is 0.475. The van der Waals surface area contributed by atoms with Crippen molar-refractivity contribution in [3.8, 4) is 22.2 Å². The van der Waals surface area contributed by atoms with E-state index in [-0.39, 0.29) is 12.3 Å². The van der Waals surface area contributed by atoms with Crippen molar-refractivity contribution in [2.75, 3.05) is 0 Å². The number of carbonyl (C=O) groups is 1. The third-order valence-corrected chi connectivity index (χ3v) is 4.63. The van der Waals surface area contributed by atoms with E-state index in [0.29, 0.717) is 22.4 Å². The summed E-state index contributed by atoms with van der Waals surface area (Å²) in [5.41, 5.74) is 1.69. The monoisotopic (exact) mass is 366 g/mol. The van der Waals surface area contributed by atoms with Gasteiger partial charge in [0.25, 0.3) is 0 Å². The van der Waals surface area contributed by atoms with E-state index in [0.717, 1.165) is 10.4 Å². The summed E-state index contributed by atoms with van der Waals surface area (Å²) in [5.74, 6) is 0.614. The Morgan fingerprint density at radius 2 is 1.96 bits per heavy atom. The fourth-order valence-electron chi connectivity index (χ4n) is 2.39. The number of oxazole rings is 1. The van der Waals surface area contributed by atoms with E-state index in [4.69, 9.17) is 13.6 Å². The molecule has 4 aromatic rings. The summed E-state index contributed by atoms with van der Waals surface area (Å²) in [6.07, 6.45) is 3.05. The maximum absolute atomic E-state index is 12.3. The molecule has 3 aromatic heterocycles. The van der Waals surface area contributed by atoms with Gasteiger partial charge in [0, 0.05) is 10.4 Å². The third-order valence-electron chi connectivity index (χ3n) is 3.65. The number of hydrogen-bond acceptors (Lipinski definition) is 7. The summed E-state index contributed by atoms with van der Waals surface area (Å²) in [6, 6.07) is 13.1. The van der Waals surface area contributed by atoms with Crippen LogP contribution in [0, 0.1) is 6.92 Å². The minimum absolute atomic E-state index is 0.0161. The molecule has 0 fully saturated rings. The van der Waals surface area contributed by atoms with E-state index in [1.54, 1.807) is 18.4 Å². The van der Waals surface area contributed by atoms with Crippen LogP contribution in [0.2, 0.25) is 0 Å². The average Bonchev–Trinajstić information content (AvgIpc) is 3.41. The zero-order valence-electron chi connectivity index (χ0n) is 13.8. The zero-order chi connectivity index (χ0) is 17.9. The van der Waals surface area contributed by atoms with Crippen molar-refractivity contribution in [2.24, 2.45) is 0 Å². The van der Waals surface area contributed by atoms with Gasteiger partial charge in [-0.05, 0) is 31.2 Å². The van der Waals surface area contributed by atoms with E-state index in [9.17, 15) is 4.79 Å². The van der Waals surface area contributed by atoms with Gasteiger partial charge in [0.1, 0.15) is 18.6 Å². The molecule has 0 unspecified atom stereocenters. The number of carbonyl (C=O) groups excluding carboxylic acids is 1. The maximum Gasteiger partial charge on any atom is 0.358 e. The largest absolute Gasteiger partial charge is 0.462 e. The molecule has 0 aliphatic heterocycles. The van der Waals surface area contributed by atoms with Crippen LogP contribution in [0.3, 0.4) is 0 Å². The van der Waals surface area contributed by atoms with Gasteiger partial charge in [0.2, 0.25) is 5.89 Å². The predicted octanol–water partition coefficient (Wildman–Crippen LogP) is 4.72. The first-order valence-corrected chi connectivity index (χ1v) is 8.70. The molecule has 6 nitrogen and oxygen atoms in total. The maximum atomic E-state index is 12.3. The lowest BCUT2D eigenvalue weighted by Crippen LogP contribution is -2.07. The molecule has 0 atom stereocenters. The molecule has 0 N–H and O–H groups in total. The number of aromatic nitrogens is 2. The number of furan rings is 1. The Hall–Kier alpha value is -3.19. The van der Waals surface area contributed by atoms with Gasteiger partial charge in [-0.2, -0.15) is 0 Å². The van der Waals surface area contributed by atoms with Crippen LogP contribution in [-0.4, -0.2) is 15.9 Å². The van der Waals surface area contributed by atoms with Crippen LogP contribution in [0.1, 0.15) is 21.1 Å². The first kappa shape index (κ1) is 16.3. The molecule has 3 heterocycles. The second-order valence-electron chi connectivity index (χ2n) is 5.49. The fourth-order valence-corrected chi connectivity index (χ4v) is 3.26. The number of benzene rings is 1. The number of nitrogens with zero attached hydrogens (tertiary/aromatic N) is 2. The lowest BCUT2D eigenvalue weighted by atomic mass is 10.2. The zero-order valence-corrected chi connectivity index (χ0v) is 14.7. The van der Waals surface area contributed by atoms with Crippen LogP contribution in [0.15, 0.2) is 63.8 Å². The van der Waals surface area contributed by atoms with Crippen LogP contribution in [0.25, 0.3) is 22.2 Å². The van der Waals surface area contributed by atoms with Crippen LogP contribution in [0.5, 0.6) is 0 Å². The molecule has 0 amide bonds. The predicted molar refractivity (Wildman–Crippen MR) is 95.6 cm³/mol. The van der Waals surface area contributed by atoms with Gasteiger partial charge in [0.05, 0.1) is 6.26 Å². The number of rotatable bonds is 5. The second-order valence-corrected chi connectivity index (χ2v) is 6.69. The number of esters is 1. The lowest BCUT2D eigenvalue weighted by Gasteiger charge is -2.00. The molecule has 4 rings (SSSR count). The Morgan fingerprint density at radius 1 is 1.12 bits per heavy atom. The second kappa shape index (κ2) is 6.97. The summed E-state index contributed by atoms with van der Waals surface area (Å²) >= 11 is 1.38. The van der Waals surface area contributed by atoms with Gasteiger partial charge in [-0.25, -0.2) is 14.8 Å². The minimum Gasteiger partial charge on any atom is -0.462 e. The molecule has 7 heteroatoms. The Labute approximate surface area is 153 Å². The van der Waals surface area contributed by atoms with Crippen molar-refractivity contribution in [3.63, 3.8) is 0 Å². The van der Waals surface area contributed by atoms with Gasteiger partial charge in [-0.1, -0.05) is 18.2 Å². The van der Waals surface area contributed by atoms with Gasteiger partial charge < -0.3 is 13.6 Å². The Kier molecular flexibility index (Phi) is 4.37. The molecule has 0 saturated heterocycles. The summed E-state index contributed by atoms with van der Waals surface area (Å²) in [7, 11) is 0. The van der Waals surface area contributed by atoms with Crippen LogP contribution in [0.4, 0.5) is 0 Å². The highest BCUT2D eigenvalue weighted by atomic mass is 32.1. The van der Waals surface area contributed by atoms with Gasteiger partial charge in [-0.15, -0.1) is 11.3 Å². The minimum atomic E-state index is -0.499. The summed E-state index contributed by atoms with van der Waals surface area (Å²) < 4.78 is 16.1. The first-order chi connectivity index (χ1) is 12.7. The standard InChI is InChI=1S/C19H14N2O4S/c1-12-16(21-18(26-12)15-8-5-9-23-15)19(22)25-11-14-10-24-17(20-14)13-6-3-2-4-7-13/h2-10H,11H2,1H3. The van der Waals surface area contributed by atoms with Gasteiger partial charge >= 0.3 is 5.97 Å². The van der Waals surface area contributed by atoms with Crippen molar-refractivity contribution in [2.45, 2.75) is 13.5 Å². The summed E-state index contributed by atoms with van der Waals surface area (Å²) in [4.78, 5) is 21.8. The van der Waals surface area contributed by atoms with E-state index < -0.39 is 5.97 Å². The first-order valence-electron chi connectivity index (χ1n) is 7.89. The molecule has 130 valence electrons. The highest BCUT2D eigenvalue weighted by molar-refractivity contribution is 7.15. The Bertz CT molecular complexity index is 1020. The molecule has 0 aliphatic rings. The van der Waals surface area contributed by atoms with Crippen LogP contribution < -0.4 is 0 Å². The molecule has 1 aromatic carbocycles. The van der Waals surface area contributed by atoms with Crippen LogP contribution in [-0.2, 0) is 11.3 Å². The van der Waals surface area contributed by atoms with E-state index in [1.165, 1.54) is 17.6 Å². The molecule has 0 aliphatic carbocycles. The number of aryl methyl sites for hydroxylation is 1. The van der Waals surface area contributed by atoms with E-state index >= 15 is 0 Å². The van der Waals surface area contributed by atoms with Crippen molar-refractivity contribution in [1.29, 1.82) is 0 Å². The molecule has 0 bridgehead atoms. The topological polar surface area (TPSA) is 78.4 Å². The molecular weight excluding hydrogens is 352 g/mol. The average molecular weight is 366 g/mol. The normalized spacial score (nSPS) is 10.8. The van der Waals surface area contributed by atoms with Crippen molar-refractivity contribution in [3.05, 3.63) is 71.3 Å². The SMILES string of the molecule is Cc1sc(-c2ccco2)nc1C(=O)OCc1coc(-c2ccccc2)n1. The number of ether oxygens (including phenoxy) is 1. The lowest BCUT2D eigenvalue weighted by molar-refractivity contribution is 0.0461. The van der Waals surface area contributed by atoms with Crippen molar-refractivity contribution >= 4 is 17.3 Å². The van der Waals surface area contributed by atoms with Crippen molar-refractivity contribution < 1.29 is 18.4 Å². The number of hydrogen-bond donors (Lipinski definition) is 0. The Balaban J connectivity index is 1.44. The third kappa shape index (κ3) is 3.29.